The quantitative estimate of drug-likeness (QED) is 0.820. The van der Waals surface area contributed by atoms with Gasteiger partial charge in [-0.1, -0.05) is 37.5 Å². The molecule has 1 aromatic rings. The van der Waals surface area contributed by atoms with E-state index in [1.807, 2.05) is 18.2 Å². The predicted molar refractivity (Wildman–Crippen MR) is 73.9 cm³/mol. The van der Waals surface area contributed by atoms with Crippen LogP contribution in [-0.2, 0) is 5.54 Å². The third-order valence-corrected chi connectivity index (χ3v) is 3.89. The molecule has 0 aliphatic heterocycles. The number of benzene rings is 1. The maximum atomic E-state index is 11.5. The van der Waals surface area contributed by atoms with Crippen LogP contribution in [0.2, 0.25) is 0 Å². The molecule has 0 unspecified atom stereocenters. The van der Waals surface area contributed by atoms with Crippen LogP contribution in [-0.4, -0.2) is 11.8 Å². The summed E-state index contributed by atoms with van der Waals surface area (Å²) >= 11 is 0. The van der Waals surface area contributed by atoms with Gasteiger partial charge in [-0.15, -0.1) is 0 Å². The number of primary amides is 1. The van der Waals surface area contributed by atoms with E-state index < -0.39 is 11.6 Å². The number of urea groups is 1. The van der Waals surface area contributed by atoms with Crippen LogP contribution in [0.3, 0.4) is 0 Å². The fourth-order valence-electron chi connectivity index (χ4n) is 2.91. The van der Waals surface area contributed by atoms with Crippen molar-refractivity contribution in [2.75, 3.05) is 0 Å². The van der Waals surface area contributed by atoms with Gasteiger partial charge >= 0.3 is 6.03 Å². The standard InChI is InChI=1S/C15H20N2O2/c1-11(18)12-6-5-7-13(10-12)15(17-14(16)19)8-3-2-4-9-15/h5-7,10H,2-4,8-9H2,1H3,(H3,16,17,19). The summed E-state index contributed by atoms with van der Waals surface area (Å²) in [6.45, 7) is 1.55. The average Bonchev–Trinajstić information content (AvgIpc) is 2.39. The molecule has 2 amide bonds. The zero-order chi connectivity index (χ0) is 13.9. The molecule has 1 aliphatic carbocycles. The highest BCUT2D eigenvalue weighted by Crippen LogP contribution is 2.37. The smallest absolute Gasteiger partial charge is 0.312 e. The summed E-state index contributed by atoms with van der Waals surface area (Å²) in [6, 6.07) is 7.00. The molecular formula is C15H20N2O2. The van der Waals surface area contributed by atoms with Gasteiger partial charge in [0.25, 0.3) is 0 Å². The van der Waals surface area contributed by atoms with Crippen molar-refractivity contribution in [2.45, 2.75) is 44.6 Å². The molecule has 0 saturated heterocycles. The zero-order valence-corrected chi connectivity index (χ0v) is 11.2. The minimum atomic E-state index is -0.505. The lowest BCUT2D eigenvalue weighted by atomic mass is 9.76. The zero-order valence-electron chi connectivity index (χ0n) is 11.2. The second kappa shape index (κ2) is 5.43. The molecule has 0 atom stereocenters. The van der Waals surface area contributed by atoms with Gasteiger partial charge in [-0.2, -0.15) is 0 Å². The van der Waals surface area contributed by atoms with Gasteiger partial charge < -0.3 is 11.1 Å². The first kappa shape index (κ1) is 13.6. The third kappa shape index (κ3) is 2.95. The van der Waals surface area contributed by atoms with Gasteiger partial charge in [0.2, 0.25) is 0 Å². The lowest BCUT2D eigenvalue weighted by molar-refractivity contribution is 0.101. The van der Waals surface area contributed by atoms with Gasteiger partial charge in [0, 0.05) is 5.56 Å². The second-order valence-corrected chi connectivity index (χ2v) is 5.27. The highest BCUT2D eigenvalue weighted by atomic mass is 16.2. The van der Waals surface area contributed by atoms with Gasteiger partial charge in [-0.3, -0.25) is 4.79 Å². The maximum absolute atomic E-state index is 11.5. The molecule has 4 nitrogen and oxygen atoms in total. The molecule has 0 bridgehead atoms. The minimum absolute atomic E-state index is 0.0342. The Hall–Kier alpha value is -1.84. The van der Waals surface area contributed by atoms with E-state index in [2.05, 4.69) is 5.32 Å². The molecule has 0 heterocycles. The summed E-state index contributed by atoms with van der Waals surface area (Å²) in [4.78, 5) is 22.8. The van der Waals surface area contributed by atoms with Crippen LogP contribution in [0.5, 0.6) is 0 Å². The molecule has 4 heteroatoms. The summed E-state index contributed by atoms with van der Waals surface area (Å²) in [6.07, 6.45) is 5.04. The van der Waals surface area contributed by atoms with Crippen molar-refractivity contribution < 1.29 is 9.59 Å². The monoisotopic (exact) mass is 260 g/mol. The third-order valence-electron chi connectivity index (χ3n) is 3.89. The SMILES string of the molecule is CC(=O)c1cccc(C2(NC(N)=O)CCCCC2)c1. The van der Waals surface area contributed by atoms with E-state index in [9.17, 15) is 9.59 Å². The Bertz CT molecular complexity index is 491. The summed E-state index contributed by atoms with van der Waals surface area (Å²) in [7, 11) is 0. The first-order valence-electron chi connectivity index (χ1n) is 6.73. The fraction of sp³-hybridized carbons (Fsp3) is 0.467. The van der Waals surface area contributed by atoms with Crippen LogP contribution < -0.4 is 11.1 Å². The Morgan fingerprint density at radius 1 is 1.21 bits per heavy atom. The number of nitrogens with two attached hydrogens (primary N) is 1. The van der Waals surface area contributed by atoms with Gasteiger partial charge in [0.05, 0.1) is 5.54 Å². The van der Waals surface area contributed by atoms with Crippen molar-refractivity contribution >= 4 is 11.8 Å². The average molecular weight is 260 g/mol. The van der Waals surface area contributed by atoms with Crippen LogP contribution >= 0.6 is 0 Å². The van der Waals surface area contributed by atoms with Gasteiger partial charge in [0.15, 0.2) is 5.78 Å². The molecule has 1 aliphatic rings. The molecule has 1 aromatic carbocycles. The van der Waals surface area contributed by atoms with Crippen molar-refractivity contribution in [3.8, 4) is 0 Å². The molecule has 1 fully saturated rings. The Labute approximate surface area is 113 Å². The van der Waals surface area contributed by atoms with E-state index >= 15 is 0 Å². The van der Waals surface area contributed by atoms with E-state index in [0.29, 0.717) is 5.56 Å². The van der Waals surface area contributed by atoms with Crippen LogP contribution in [0.4, 0.5) is 4.79 Å². The first-order chi connectivity index (χ1) is 9.03. The summed E-state index contributed by atoms with van der Waals surface area (Å²) in [5, 5.41) is 2.91. The van der Waals surface area contributed by atoms with Crippen LogP contribution in [0.15, 0.2) is 24.3 Å². The molecule has 1 saturated carbocycles. The number of nitrogens with one attached hydrogen (secondary N) is 1. The molecular weight excluding hydrogens is 240 g/mol. The summed E-state index contributed by atoms with van der Waals surface area (Å²) < 4.78 is 0. The Kier molecular flexibility index (Phi) is 3.88. The van der Waals surface area contributed by atoms with Crippen LogP contribution in [0.25, 0.3) is 0 Å². The van der Waals surface area contributed by atoms with E-state index in [1.54, 1.807) is 13.0 Å². The number of ketones is 1. The number of Topliss-reactive ketones (excluding diaryl/α,β-unsaturated/α-hetero) is 1. The second-order valence-electron chi connectivity index (χ2n) is 5.27. The van der Waals surface area contributed by atoms with Gasteiger partial charge in [-0.05, 0) is 31.4 Å². The lowest BCUT2D eigenvalue weighted by Gasteiger charge is -2.38. The maximum Gasteiger partial charge on any atom is 0.312 e. The topological polar surface area (TPSA) is 72.2 Å². The molecule has 102 valence electrons. The van der Waals surface area contributed by atoms with Crippen LogP contribution in [0.1, 0.15) is 54.9 Å². The number of amides is 2. The summed E-state index contributed by atoms with van der Waals surface area (Å²) in [5.41, 5.74) is 6.58. The Morgan fingerprint density at radius 3 is 2.47 bits per heavy atom. The molecule has 2 rings (SSSR count). The molecule has 0 spiro atoms. The number of hydrogen-bond acceptors (Lipinski definition) is 2. The van der Waals surface area contributed by atoms with E-state index in [-0.39, 0.29) is 5.78 Å². The van der Waals surface area contributed by atoms with Crippen molar-refractivity contribution in [2.24, 2.45) is 5.73 Å². The van der Waals surface area contributed by atoms with Gasteiger partial charge in [-0.25, -0.2) is 4.79 Å². The first-order valence-corrected chi connectivity index (χ1v) is 6.73. The molecule has 19 heavy (non-hydrogen) atoms. The van der Waals surface area contributed by atoms with Crippen LogP contribution in [0, 0.1) is 0 Å². The van der Waals surface area contributed by atoms with Crippen molar-refractivity contribution in [3.05, 3.63) is 35.4 Å². The van der Waals surface area contributed by atoms with Crippen molar-refractivity contribution in [3.63, 3.8) is 0 Å². The van der Waals surface area contributed by atoms with E-state index in [4.69, 9.17) is 5.73 Å². The fourth-order valence-corrected chi connectivity index (χ4v) is 2.91. The normalized spacial score (nSPS) is 17.7. The number of rotatable bonds is 3. The molecule has 0 aromatic heterocycles. The van der Waals surface area contributed by atoms with E-state index in [0.717, 1.165) is 31.2 Å². The van der Waals surface area contributed by atoms with Crippen molar-refractivity contribution in [1.29, 1.82) is 0 Å². The molecule has 3 N–H and O–H groups in total. The van der Waals surface area contributed by atoms with E-state index in [1.165, 1.54) is 6.42 Å². The number of carbonyl (C=O) groups is 2. The Balaban J connectivity index is 2.39. The highest BCUT2D eigenvalue weighted by Gasteiger charge is 2.35. The number of hydrogen-bond donors (Lipinski definition) is 2. The Morgan fingerprint density at radius 2 is 1.89 bits per heavy atom. The summed E-state index contributed by atoms with van der Waals surface area (Å²) in [5.74, 6) is 0.0342. The largest absolute Gasteiger partial charge is 0.352 e. The number of carbonyl (C=O) groups excluding carboxylic acids is 2. The predicted octanol–water partition coefficient (Wildman–Crippen LogP) is 2.72. The lowest BCUT2D eigenvalue weighted by Crippen LogP contribution is -2.49. The van der Waals surface area contributed by atoms with Gasteiger partial charge in [0.1, 0.15) is 0 Å². The highest BCUT2D eigenvalue weighted by molar-refractivity contribution is 5.94. The minimum Gasteiger partial charge on any atom is -0.352 e. The molecule has 0 radical (unpaired) electrons. The van der Waals surface area contributed by atoms with Crippen molar-refractivity contribution in [1.82, 2.24) is 5.32 Å².